The van der Waals surface area contributed by atoms with Crippen LogP contribution in [0, 0.1) is 5.82 Å². The predicted octanol–water partition coefficient (Wildman–Crippen LogP) is 3.48. The first-order valence-electron chi connectivity index (χ1n) is 8.80. The average molecular weight is 395 g/mol. The lowest BCUT2D eigenvalue weighted by Crippen LogP contribution is -2.47. The molecule has 2 aromatic rings. The highest BCUT2D eigenvalue weighted by atomic mass is 19.3. The monoisotopic (exact) mass is 395 g/mol. The summed E-state index contributed by atoms with van der Waals surface area (Å²) in [7, 11) is 0. The van der Waals surface area contributed by atoms with E-state index in [0.29, 0.717) is 30.8 Å². The van der Waals surface area contributed by atoms with Gasteiger partial charge in [0.15, 0.2) is 0 Å². The van der Waals surface area contributed by atoms with E-state index in [4.69, 9.17) is 9.47 Å². The minimum Gasteiger partial charge on any atom is -0.435 e. The summed E-state index contributed by atoms with van der Waals surface area (Å²) >= 11 is 0. The van der Waals surface area contributed by atoms with Gasteiger partial charge < -0.3 is 19.1 Å². The molecule has 1 amide bonds. The third-order valence-electron chi connectivity index (χ3n) is 4.27. The topological polar surface area (TPSA) is 48.0 Å². The molecule has 3 rings (SSSR count). The zero-order valence-electron chi connectivity index (χ0n) is 15.0. The molecule has 1 unspecified atom stereocenters. The van der Waals surface area contributed by atoms with Crippen molar-refractivity contribution in [3.63, 3.8) is 0 Å². The molecule has 0 radical (unpaired) electrons. The molecule has 0 spiro atoms. The van der Waals surface area contributed by atoms with E-state index in [-0.39, 0.29) is 36.8 Å². The fourth-order valence-corrected chi connectivity index (χ4v) is 2.88. The van der Waals surface area contributed by atoms with Crippen LogP contribution in [0.15, 0.2) is 48.5 Å². The molecule has 0 saturated carbocycles. The molecule has 1 aliphatic heterocycles. The van der Waals surface area contributed by atoms with Crippen molar-refractivity contribution in [2.24, 2.45) is 0 Å². The molecular formula is C20H20F3NO4. The number of morpholine rings is 1. The van der Waals surface area contributed by atoms with E-state index < -0.39 is 6.61 Å². The highest BCUT2D eigenvalue weighted by Gasteiger charge is 2.25. The molecule has 0 N–H and O–H groups in total. The Labute approximate surface area is 160 Å². The molecule has 8 heteroatoms. The quantitative estimate of drug-likeness (QED) is 0.720. The van der Waals surface area contributed by atoms with Gasteiger partial charge in [0.1, 0.15) is 11.6 Å². The number of carbonyl (C=O) groups is 1. The molecule has 1 aliphatic rings. The smallest absolute Gasteiger partial charge is 0.387 e. The summed E-state index contributed by atoms with van der Waals surface area (Å²) in [5.74, 6) is -0.568. The van der Waals surface area contributed by atoms with Gasteiger partial charge in [-0.05, 0) is 30.3 Å². The van der Waals surface area contributed by atoms with Crippen molar-refractivity contribution in [2.45, 2.75) is 19.3 Å². The maximum atomic E-state index is 13.6. The lowest BCUT2D eigenvalue weighted by Gasteiger charge is -2.33. The average Bonchev–Trinajstić information content (AvgIpc) is 2.69. The maximum absolute atomic E-state index is 13.6. The number of rotatable bonds is 7. The molecule has 1 atom stereocenters. The van der Waals surface area contributed by atoms with Gasteiger partial charge >= 0.3 is 6.61 Å². The molecule has 2 aromatic carbocycles. The van der Waals surface area contributed by atoms with E-state index in [9.17, 15) is 18.0 Å². The van der Waals surface area contributed by atoms with E-state index in [1.54, 1.807) is 23.1 Å². The number of nitrogens with zero attached hydrogens (tertiary/aromatic N) is 1. The molecule has 1 saturated heterocycles. The van der Waals surface area contributed by atoms with Gasteiger partial charge in [-0.1, -0.05) is 18.2 Å². The molecule has 0 bridgehead atoms. The van der Waals surface area contributed by atoms with Crippen molar-refractivity contribution in [1.82, 2.24) is 4.90 Å². The van der Waals surface area contributed by atoms with E-state index in [1.165, 1.54) is 30.3 Å². The molecule has 0 aliphatic carbocycles. The fourth-order valence-electron chi connectivity index (χ4n) is 2.88. The summed E-state index contributed by atoms with van der Waals surface area (Å²) < 4.78 is 53.4. The first kappa shape index (κ1) is 20.2. The van der Waals surface area contributed by atoms with Crippen molar-refractivity contribution in [1.29, 1.82) is 0 Å². The maximum Gasteiger partial charge on any atom is 0.387 e. The second kappa shape index (κ2) is 9.57. The normalized spacial score (nSPS) is 17.0. The second-order valence-corrected chi connectivity index (χ2v) is 6.25. The van der Waals surface area contributed by atoms with Crippen molar-refractivity contribution in [3.05, 3.63) is 65.5 Å². The molecule has 1 fully saturated rings. The summed E-state index contributed by atoms with van der Waals surface area (Å²) in [6.07, 6.45) is -0.328. The number of carbonyl (C=O) groups excluding carboxylic acids is 1. The van der Waals surface area contributed by atoms with Crippen LogP contribution in [0.5, 0.6) is 5.75 Å². The first-order chi connectivity index (χ1) is 13.5. The minimum absolute atomic E-state index is 0.00653. The Bertz CT molecular complexity index is 785. The number of hydrogen-bond donors (Lipinski definition) is 0. The highest BCUT2D eigenvalue weighted by Crippen LogP contribution is 2.17. The summed E-state index contributed by atoms with van der Waals surface area (Å²) in [5.41, 5.74) is 0.826. The van der Waals surface area contributed by atoms with Crippen molar-refractivity contribution >= 4 is 5.91 Å². The number of ether oxygens (including phenoxy) is 3. The molecular weight excluding hydrogens is 375 g/mol. The first-order valence-corrected chi connectivity index (χ1v) is 8.80. The van der Waals surface area contributed by atoms with Crippen molar-refractivity contribution in [3.8, 4) is 5.75 Å². The van der Waals surface area contributed by atoms with Crippen LogP contribution in [0.3, 0.4) is 0 Å². The van der Waals surface area contributed by atoms with E-state index in [1.807, 2.05) is 0 Å². The lowest BCUT2D eigenvalue weighted by molar-refractivity contribution is -0.0650. The Morgan fingerprint density at radius 2 is 1.93 bits per heavy atom. The summed E-state index contributed by atoms with van der Waals surface area (Å²) in [6, 6.07) is 11.9. The Balaban J connectivity index is 1.51. The van der Waals surface area contributed by atoms with Gasteiger partial charge in [0.25, 0.3) is 5.91 Å². The Hall–Kier alpha value is -2.58. The van der Waals surface area contributed by atoms with Gasteiger partial charge in [0.05, 0.1) is 25.9 Å². The predicted molar refractivity (Wildman–Crippen MR) is 94.8 cm³/mol. The van der Waals surface area contributed by atoms with Crippen LogP contribution in [-0.2, 0) is 16.1 Å². The van der Waals surface area contributed by atoms with Gasteiger partial charge in [-0.3, -0.25) is 4.79 Å². The number of amides is 1. The molecule has 5 nitrogen and oxygen atoms in total. The van der Waals surface area contributed by atoms with Gasteiger partial charge in [-0.15, -0.1) is 0 Å². The van der Waals surface area contributed by atoms with Crippen LogP contribution < -0.4 is 4.74 Å². The summed E-state index contributed by atoms with van der Waals surface area (Å²) in [5, 5.41) is 0. The van der Waals surface area contributed by atoms with Crippen LogP contribution in [-0.4, -0.2) is 49.8 Å². The standard InChI is InChI=1S/C20H20F3NO4/c21-18-4-2-1-3-15(18)12-26-13-17-11-24(9-10-27-17)19(25)14-5-7-16(8-6-14)28-20(22)23/h1-8,17,20H,9-13H2. The van der Waals surface area contributed by atoms with E-state index in [0.717, 1.165) is 0 Å². The summed E-state index contributed by atoms with van der Waals surface area (Å²) in [4.78, 5) is 14.2. The largest absolute Gasteiger partial charge is 0.435 e. The van der Waals surface area contributed by atoms with Crippen LogP contribution in [0.4, 0.5) is 13.2 Å². The van der Waals surface area contributed by atoms with Crippen LogP contribution >= 0.6 is 0 Å². The Kier molecular flexibility index (Phi) is 6.89. The van der Waals surface area contributed by atoms with Gasteiger partial charge in [0, 0.05) is 24.2 Å². The molecule has 28 heavy (non-hydrogen) atoms. The van der Waals surface area contributed by atoms with Crippen molar-refractivity contribution in [2.75, 3.05) is 26.3 Å². The fraction of sp³-hybridized carbons (Fsp3) is 0.350. The van der Waals surface area contributed by atoms with E-state index in [2.05, 4.69) is 4.74 Å². The number of alkyl halides is 2. The Morgan fingerprint density at radius 1 is 1.18 bits per heavy atom. The second-order valence-electron chi connectivity index (χ2n) is 6.25. The van der Waals surface area contributed by atoms with Gasteiger partial charge in [-0.2, -0.15) is 8.78 Å². The highest BCUT2D eigenvalue weighted by molar-refractivity contribution is 5.94. The third-order valence-corrected chi connectivity index (χ3v) is 4.27. The molecule has 150 valence electrons. The minimum atomic E-state index is -2.91. The number of halogens is 3. The zero-order valence-corrected chi connectivity index (χ0v) is 15.0. The van der Waals surface area contributed by atoms with Crippen LogP contribution in [0.25, 0.3) is 0 Å². The molecule has 0 aromatic heterocycles. The van der Waals surface area contributed by atoms with Gasteiger partial charge in [0.2, 0.25) is 0 Å². The van der Waals surface area contributed by atoms with Crippen LogP contribution in [0.2, 0.25) is 0 Å². The number of benzene rings is 2. The molecule has 1 heterocycles. The summed E-state index contributed by atoms with van der Waals surface area (Å²) in [6.45, 7) is -1.48. The third kappa shape index (κ3) is 5.46. The number of hydrogen-bond acceptors (Lipinski definition) is 4. The van der Waals surface area contributed by atoms with E-state index >= 15 is 0 Å². The Morgan fingerprint density at radius 3 is 2.64 bits per heavy atom. The SMILES string of the molecule is O=C(c1ccc(OC(F)F)cc1)N1CCOC(COCc2ccccc2F)C1. The van der Waals surface area contributed by atoms with Crippen LogP contribution in [0.1, 0.15) is 15.9 Å². The van der Waals surface area contributed by atoms with Gasteiger partial charge in [-0.25, -0.2) is 4.39 Å². The lowest BCUT2D eigenvalue weighted by atomic mass is 10.1. The zero-order chi connectivity index (χ0) is 19.9. The van der Waals surface area contributed by atoms with Crippen molar-refractivity contribution < 1.29 is 32.2 Å².